The average Bonchev–Trinajstić information content (AvgIpc) is 2.29. The van der Waals surface area contributed by atoms with Crippen LogP contribution >= 0.6 is 0 Å². The molecular weight excluding hydrogens is 184 g/mol. The van der Waals surface area contributed by atoms with Crippen molar-refractivity contribution in [2.24, 2.45) is 5.41 Å². The number of esters is 1. The zero-order valence-electron chi connectivity index (χ0n) is 8.74. The largest absolute Gasteiger partial charge is 0.460 e. The molecule has 1 heterocycles. The number of aliphatic hydroxyl groups excluding tert-OH is 1. The Bertz CT molecular complexity index is 251. The molecule has 0 aliphatic carbocycles. The standard InChI is InChI=1S/C10H16O4/c1-10(2,3)8(12)5-6-4-7(11)9(13)14-6/h6-7,11H,4-5H2,1-3H3/t6-,7-/m1/s1. The number of rotatable bonds is 2. The zero-order chi connectivity index (χ0) is 10.9. The van der Waals surface area contributed by atoms with E-state index in [1.165, 1.54) is 0 Å². The highest BCUT2D eigenvalue weighted by Crippen LogP contribution is 2.23. The lowest BCUT2D eigenvalue weighted by atomic mass is 9.87. The van der Waals surface area contributed by atoms with Gasteiger partial charge in [-0.05, 0) is 0 Å². The molecule has 4 nitrogen and oxygen atoms in total. The molecule has 0 saturated carbocycles. The van der Waals surface area contributed by atoms with Gasteiger partial charge in [-0.2, -0.15) is 0 Å². The predicted octanol–water partition coefficient (Wildman–Crippen LogP) is 0.668. The Morgan fingerprint density at radius 3 is 2.50 bits per heavy atom. The molecule has 4 heteroatoms. The van der Waals surface area contributed by atoms with Crippen molar-refractivity contribution >= 4 is 11.8 Å². The summed E-state index contributed by atoms with van der Waals surface area (Å²) in [4.78, 5) is 22.4. The van der Waals surface area contributed by atoms with E-state index in [-0.39, 0.29) is 18.6 Å². The van der Waals surface area contributed by atoms with Gasteiger partial charge in [0, 0.05) is 18.3 Å². The fraction of sp³-hybridized carbons (Fsp3) is 0.800. The third kappa shape index (κ3) is 2.54. The van der Waals surface area contributed by atoms with Crippen LogP contribution in [0.25, 0.3) is 0 Å². The van der Waals surface area contributed by atoms with Gasteiger partial charge in [-0.25, -0.2) is 4.79 Å². The van der Waals surface area contributed by atoms with Gasteiger partial charge in [0.2, 0.25) is 0 Å². The van der Waals surface area contributed by atoms with Crippen LogP contribution in [0, 0.1) is 5.41 Å². The highest BCUT2D eigenvalue weighted by molar-refractivity contribution is 5.85. The Hall–Kier alpha value is -0.900. The summed E-state index contributed by atoms with van der Waals surface area (Å²) in [6.07, 6.45) is -1.05. The Kier molecular flexibility index (Phi) is 2.95. The van der Waals surface area contributed by atoms with E-state index in [9.17, 15) is 9.59 Å². The number of cyclic esters (lactones) is 1. The summed E-state index contributed by atoms with van der Waals surface area (Å²) in [5.74, 6) is -0.568. The molecular formula is C10H16O4. The van der Waals surface area contributed by atoms with Gasteiger partial charge in [-0.3, -0.25) is 4.79 Å². The first-order chi connectivity index (χ1) is 6.30. The van der Waals surface area contributed by atoms with E-state index >= 15 is 0 Å². The topological polar surface area (TPSA) is 63.6 Å². The first kappa shape index (κ1) is 11.2. The number of ketones is 1. The Morgan fingerprint density at radius 1 is 1.57 bits per heavy atom. The lowest BCUT2D eigenvalue weighted by Gasteiger charge is -2.18. The minimum Gasteiger partial charge on any atom is -0.460 e. The van der Waals surface area contributed by atoms with Crippen molar-refractivity contribution < 1.29 is 19.4 Å². The van der Waals surface area contributed by atoms with Gasteiger partial charge in [0.25, 0.3) is 0 Å². The van der Waals surface area contributed by atoms with Crippen molar-refractivity contribution in [3.63, 3.8) is 0 Å². The second-order valence-corrected chi connectivity index (χ2v) is 4.69. The highest BCUT2D eigenvalue weighted by Gasteiger charge is 2.35. The van der Waals surface area contributed by atoms with Gasteiger partial charge in [-0.15, -0.1) is 0 Å². The summed E-state index contributed by atoms with van der Waals surface area (Å²) in [6.45, 7) is 5.47. The molecule has 1 rings (SSSR count). The number of hydrogen-bond donors (Lipinski definition) is 1. The van der Waals surface area contributed by atoms with Crippen molar-refractivity contribution in [3.05, 3.63) is 0 Å². The fourth-order valence-corrected chi connectivity index (χ4v) is 1.27. The number of Topliss-reactive ketones (excluding diaryl/α,β-unsaturated/α-hetero) is 1. The lowest BCUT2D eigenvalue weighted by molar-refractivity contribution is -0.148. The summed E-state index contributed by atoms with van der Waals surface area (Å²) in [7, 11) is 0. The number of aliphatic hydroxyl groups is 1. The van der Waals surface area contributed by atoms with E-state index in [0.29, 0.717) is 0 Å². The van der Waals surface area contributed by atoms with Crippen molar-refractivity contribution in [2.75, 3.05) is 0 Å². The number of hydrogen-bond acceptors (Lipinski definition) is 4. The predicted molar refractivity (Wildman–Crippen MR) is 49.6 cm³/mol. The van der Waals surface area contributed by atoms with Crippen LogP contribution in [0.15, 0.2) is 0 Å². The number of carbonyl (C=O) groups is 2. The van der Waals surface area contributed by atoms with Crippen LogP contribution in [0.4, 0.5) is 0 Å². The molecule has 80 valence electrons. The van der Waals surface area contributed by atoms with Crippen LogP contribution in [-0.4, -0.2) is 29.1 Å². The van der Waals surface area contributed by atoms with Crippen LogP contribution in [0.2, 0.25) is 0 Å². The van der Waals surface area contributed by atoms with E-state index in [4.69, 9.17) is 9.84 Å². The van der Waals surface area contributed by atoms with E-state index in [2.05, 4.69) is 0 Å². The molecule has 0 bridgehead atoms. The fourth-order valence-electron chi connectivity index (χ4n) is 1.27. The van der Waals surface area contributed by atoms with Crippen LogP contribution in [-0.2, 0) is 14.3 Å². The van der Waals surface area contributed by atoms with Crippen LogP contribution in [0.5, 0.6) is 0 Å². The molecule has 0 unspecified atom stereocenters. The molecule has 1 aliphatic rings. The summed E-state index contributed by atoms with van der Waals surface area (Å²) in [5.41, 5.74) is -0.417. The van der Waals surface area contributed by atoms with Gasteiger partial charge < -0.3 is 9.84 Å². The normalized spacial score (nSPS) is 27.6. The summed E-state index contributed by atoms with van der Waals surface area (Å²) in [6, 6.07) is 0. The van der Waals surface area contributed by atoms with E-state index in [0.717, 1.165) is 0 Å². The van der Waals surface area contributed by atoms with Crippen molar-refractivity contribution in [1.82, 2.24) is 0 Å². The quantitative estimate of drug-likeness (QED) is 0.665. The second-order valence-electron chi connectivity index (χ2n) is 4.69. The Labute approximate surface area is 83.2 Å². The molecule has 14 heavy (non-hydrogen) atoms. The van der Waals surface area contributed by atoms with Crippen LogP contribution in [0.1, 0.15) is 33.6 Å². The zero-order valence-corrected chi connectivity index (χ0v) is 8.74. The molecule has 0 aromatic carbocycles. The molecule has 0 spiro atoms. The SMILES string of the molecule is CC(C)(C)C(=O)C[C@H]1C[C@@H](O)C(=O)O1. The first-order valence-corrected chi connectivity index (χ1v) is 4.72. The molecule has 1 N–H and O–H groups in total. The van der Waals surface area contributed by atoms with E-state index in [1.54, 1.807) is 0 Å². The van der Waals surface area contributed by atoms with Gasteiger partial charge >= 0.3 is 5.97 Å². The summed E-state index contributed by atoms with van der Waals surface area (Å²) >= 11 is 0. The Balaban J connectivity index is 2.48. The maximum atomic E-state index is 11.6. The van der Waals surface area contributed by atoms with Crippen LogP contribution in [0.3, 0.4) is 0 Å². The minimum atomic E-state index is -1.05. The molecule has 0 amide bonds. The molecule has 1 fully saturated rings. The van der Waals surface area contributed by atoms with Crippen molar-refractivity contribution in [1.29, 1.82) is 0 Å². The summed E-state index contributed by atoms with van der Waals surface area (Å²) in [5, 5.41) is 9.10. The van der Waals surface area contributed by atoms with Gasteiger partial charge in [0.1, 0.15) is 11.9 Å². The molecule has 0 aromatic heterocycles. The molecule has 1 saturated heterocycles. The maximum absolute atomic E-state index is 11.6. The van der Waals surface area contributed by atoms with Crippen LogP contribution < -0.4 is 0 Å². The third-order valence-electron chi connectivity index (χ3n) is 2.29. The van der Waals surface area contributed by atoms with Crippen molar-refractivity contribution in [3.8, 4) is 0 Å². The average molecular weight is 200 g/mol. The van der Waals surface area contributed by atoms with Gasteiger partial charge in [0.05, 0.1) is 0 Å². The third-order valence-corrected chi connectivity index (χ3v) is 2.29. The smallest absolute Gasteiger partial charge is 0.335 e. The number of ether oxygens (including phenoxy) is 1. The monoisotopic (exact) mass is 200 g/mol. The van der Waals surface area contributed by atoms with Gasteiger partial charge in [0.15, 0.2) is 6.10 Å². The molecule has 1 aliphatic heterocycles. The lowest BCUT2D eigenvalue weighted by Crippen LogP contribution is -2.25. The van der Waals surface area contributed by atoms with E-state index in [1.807, 2.05) is 20.8 Å². The second kappa shape index (κ2) is 3.69. The number of carbonyl (C=O) groups excluding carboxylic acids is 2. The van der Waals surface area contributed by atoms with E-state index < -0.39 is 23.6 Å². The molecule has 0 aromatic rings. The van der Waals surface area contributed by atoms with Crippen molar-refractivity contribution in [2.45, 2.75) is 45.8 Å². The molecule has 0 radical (unpaired) electrons. The minimum absolute atomic E-state index is 0.0457. The maximum Gasteiger partial charge on any atom is 0.335 e. The first-order valence-electron chi connectivity index (χ1n) is 4.72. The Morgan fingerprint density at radius 2 is 2.14 bits per heavy atom. The van der Waals surface area contributed by atoms with Gasteiger partial charge in [-0.1, -0.05) is 20.8 Å². The molecule has 2 atom stereocenters. The highest BCUT2D eigenvalue weighted by atomic mass is 16.6. The summed E-state index contributed by atoms with van der Waals surface area (Å²) < 4.78 is 4.83.